The lowest BCUT2D eigenvalue weighted by molar-refractivity contribution is -0.131. The van der Waals surface area contributed by atoms with Crippen LogP contribution in [0.5, 0.6) is 0 Å². The van der Waals surface area contributed by atoms with E-state index in [-0.39, 0.29) is 11.8 Å². The van der Waals surface area contributed by atoms with Crippen molar-refractivity contribution in [3.8, 4) is 0 Å². The number of aryl methyl sites for hydroxylation is 3. The number of rotatable bonds is 4. The molecule has 0 radical (unpaired) electrons. The number of fused-ring (bicyclic) bond motifs is 1. The Balaban J connectivity index is 1.39. The first-order chi connectivity index (χ1) is 15.0. The van der Waals surface area contributed by atoms with Crippen molar-refractivity contribution < 1.29 is 9.59 Å². The minimum atomic E-state index is -0.0134. The summed E-state index contributed by atoms with van der Waals surface area (Å²) in [4.78, 5) is 38.7. The number of nitrogens with zero attached hydrogens (tertiary/aromatic N) is 4. The summed E-state index contributed by atoms with van der Waals surface area (Å²) in [5.74, 6) is 0.144. The summed E-state index contributed by atoms with van der Waals surface area (Å²) in [6.07, 6.45) is 2.03. The molecule has 1 aromatic heterocycles. The van der Waals surface area contributed by atoms with E-state index in [1.54, 1.807) is 0 Å². The average Bonchev–Trinajstić information content (AvgIpc) is 3.04. The zero-order valence-corrected chi connectivity index (χ0v) is 18.2. The molecule has 31 heavy (non-hydrogen) atoms. The monoisotopic (exact) mass is 416 g/mol. The molecule has 0 N–H and O–H groups in total. The number of amides is 2. The molecule has 0 atom stereocenters. The van der Waals surface area contributed by atoms with Crippen LogP contribution in [0.15, 0.2) is 48.5 Å². The van der Waals surface area contributed by atoms with Crippen molar-refractivity contribution in [3.63, 3.8) is 0 Å². The van der Waals surface area contributed by atoms with E-state index in [1.165, 1.54) is 5.56 Å². The van der Waals surface area contributed by atoms with Gasteiger partial charge in [-0.3, -0.25) is 9.59 Å². The molecular weight excluding hydrogens is 388 g/mol. The molecule has 0 unspecified atom stereocenters. The van der Waals surface area contributed by atoms with Crippen LogP contribution in [0.1, 0.15) is 40.2 Å². The fourth-order valence-electron chi connectivity index (χ4n) is 3.97. The third kappa shape index (κ3) is 4.90. The van der Waals surface area contributed by atoms with Gasteiger partial charge in [0.15, 0.2) is 0 Å². The van der Waals surface area contributed by atoms with E-state index in [1.807, 2.05) is 72.2 Å². The van der Waals surface area contributed by atoms with Gasteiger partial charge >= 0.3 is 0 Å². The molecule has 0 aliphatic carbocycles. The van der Waals surface area contributed by atoms with Gasteiger partial charge in [-0.15, -0.1) is 0 Å². The maximum atomic E-state index is 13.1. The van der Waals surface area contributed by atoms with E-state index in [9.17, 15) is 9.59 Å². The van der Waals surface area contributed by atoms with Gasteiger partial charge in [0.25, 0.3) is 5.91 Å². The van der Waals surface area contributed by atoms with Gasteiger partial charge in [-0.2, -0.15) is 0 Å². The van der Waals surface area contributed by atoms with E-state index in [4.69, 9.17) is 0 Å². The predicted octanol–water partition coefficient (Wildman–Crippen LogP) is 3.55. The standard InChI is InChI=1S/C25H28N4O2/c1-18-19(2)27-23-17-21(10-11-22(23)26-18)25(31)29-14-6-13-28(15-16-29)24(30)12-9-20-7-4-3-5-8-20/h3-5,7-8,10-11,17H,6,9,12-16H2,1-2H3. The van der Waals surface area contributed by atoms with Crippen molar-refractivity contribution in [2.75, 3.05) is 26.2 Å². The van der Waals surface area contributed by atoms with Crippen LogP contribution >= 0.6 is 0 Å². The van der Waals surface area contributed by atoms with Gasteiger partial charge in [0.2, 0.25) is 5.91 Å². The molecule has 6 nitrogen and oxygen atoms in total. The second-order valence-corrected chi connectivity index (χ2v) is 8.11. The first-order valence-corrected chi connectivity index (χ1v) is 10.9. The van der Waals surface area contributed by atoms with E-state index >= 15 is 0 Å². The second-order valence-electron chi connectivity index (χ2n) is 8.11. The lowest BCUT2D eigenvalue weighted by atomic mass is 10.1. The van der Waals surface area contributed by atoms with Crippen LogP contribution in [0.25, 0.3) is 11.0 Å². The SMILES string of the molecule is Cc1nc2ccc(C(=O)N3CCCN(C(=O)CCc4ccccc4)CC3)cc2nc1C. The van der Waals surface area contributed by atoms with Gasteiger partial charge in [-0.25, -0.2) is 9.97 Å². The summed E-state index contributed by atoms with van der Waals surface area (Å²) in [7, 11) is 0. The molecule has 0 spiro atoms. The zero-order chi connectivity index (χ0) is 21.8. The van der Waals surface area contributed by atoms with Crippen molar-refractivity contribution in [3.05, 3.63) is 71.0 Å². The Morgan fingerprint density at radius 3 is 2.29 bits per heavy atom. The molecule has 6 heteroatoms. The predicted molar refractivity (Wildman–Crippen MR) is 121 cm³/mol. The number of carbonyl (C=O) groups is 2. The smallest absolute Gasteiger partial charge is 0.253 e. The Morgan fingerprint density at radius 2 is 1.52 bits per heavy atom. The molecule has 160 valence electrons. The Morgan fingerprint density at radius 1 is 0.839 bits per heavy atom. The van der Waals surface area contributed by atoms with E-state index in [0.29, 0.717) is 38.2 Å². The zero-order valence-electron chi connectivity index (χ0n) is 18.2. The Labute approximate surface area is 182 Å². The van der Waals surface area contributed by atoms with Crippen molar-refractivity contribution in [2.24, 2.45) is 0 Å². The normalized spacial score (nSPS) is 14.5. The van der Waals surface area contributed by atoms with Gasteiger partial charge < -0.3 is 9.80 Å². The van der Waals surface area contributed by atoms with Crippen LogP contribution in [0.3, 0.4) is 0 Å². The molecular formula is C25H28N4O2. The second kappa shape index (κ2) is 9.25. The summed E-state index contributed by atoms with van der Waals surface area (Å²) in [5, 5.41) is 0. The number of aromatic nitrogens is 2. The topological polar surface area (TPSA) is 66.4 Å². The Hall–Kier alpha value is -3.28. The van der Waals surface area contributed by atoms with Crippen molar-refractivity contribution in [1.82, 2.24) is 19.8 Å². The summed E-state index contributed by atoms with van der Waals surface area (Å²) >= 11 is 0. The van der Waals surface area contributed by atoms with Gasteiger partial charge in [-0.05, 0) is 50.5 Å². The first kappa shape index (κ1) is 21.0. The number of carbonyl (C=O) groups excluding carboxylic acids is 2. The first-order valence-electron chi connectivity index (χ1n) is 10.9. The summed E-state index contributed by atoms with van der Waals surface area (Å²) in [6.45, 7) is 6.33. The largest absolute Gasteiger partial charge is 0.341 e. The molecule has 0 bridgehead atoms. The van der Waals surface area contributed by atoms with Crippen LogP contribution < -0.4 is 0 Å². The van der Waals surface area contributed by atoms with E-state index < -0.39 is 0 Å². The van der Waals surface area contributed by atoms with E-state index in [2.05, 4.69) is 9.97 Å². The minimum Gasteiger partial charge on any atom is -0.341 e. The highest BCUT2D eigenvalue weighted by Gasteiger charge is 2.23. The molecule has 4 rings (SSSR count). The molecule has 1 fully saturated rings. The fraction of sp³-hybridized carbons (Fsp3) is 0.360. The minimum absolute atomic E-state index is 0.0134. The van der Waals surface area contributed by atoms with Gasteiger partial charge in [0.1, 0.15) is 0 Å². The molecule has 1 aliphatic heterocycles. The summed E-state index contributed by atoms with van der Waals surface area (Å²) < 4.78 is 0. The summed E-state index contributed by atoms with van der Waals surface area (Å²) in [6, 6.07) is 15.6. The third-order valence-electron chi connectivity index (χ3n) is 5.93. The third-order valence-corrected chi connectivity index (χ3v) is 5.93. The van der Waals surface area contributed by atoms with Crippen LogP contribution in [0, 0.1) is 13.8 Å². The van der Waals surface area contributed by atoms with Crippen LogP contribution in [-0.2, 0) is 11.2 Å². The highest BCUT2D eigenvalue weighted by molar-refractivity contribution is 5.97. The maximum absolute atomic E-state index is 13.1. The van der Waals surface area contributed by atoms with Crippen LogP contribution in [-0.4, -0.2) is 57.8 Å². The number of benzene rings is 2. The van der Waals surface area contributed by atoms with Crippen LogP contribution in [0.4, 0.5) is 0 Å². The Bertz CT molecular complexity index is 1100. The van der Waals surface area contributed by atoms with Crippen molar-refractivity contribution in [2.45, 2.75) is 33.1 Å². The highest BCUT2D eigenvalue weighted by atomic mass is 16.2. The van der Waals surface area contributed by atoms with E-state index in [0.717, 1.165) is 35.3 Å². The van der Waals surface area contributed by atoms with Crippen LogP contribution in [0.2, 0.25) is 0 Å². The maximum Gasteiger partial charge on any atom is 0.253 e. The highest BCUT2D eigenvalue weighted by Crippen LogP contribution is 2.17. The van der Waals surface area contributed by atoms with Gasteiger partial charge in [0, 0.05) is 38.2 Å². The fourth-order valence-corrected chi connectivity index (χ4v) is 3.97. The van der Waals surface area contributed by atoms with Gasteiger partial charge in [-0.1, -0.05) is 30.3 Å². The molecule has 1 saturated heterocycles. The lowest BCUT2D eigenvalue weighted by Crippen LogP contribution is -2.37. The summed E-state index contributed by atoms with van der Waals surface area (Å²) in [5.41, 5.74) is 5.10. The molecule has 2 amide bonds. The molecule has 3 aromatic rings. The van der Waals surface area contributed by atoms with Crippen molar-refractivity contribution in [1.29, 1.82) is 0 Å². The van der Waals surface area contributed by atoms with Gasteiger partial charge in [0.05, 0.1) is 22.4 Å². The van der Waals surface area contributed by atoms with Crippen molar-refractivity contribution >= 4 is 22.8 Å². The lowest BCUT2D eigenvalue weighted by Gasteiger charge is -2.22. The Kier molecular flexibility index (Phi) is 6.26. The molecule has 2 aromatic carbocycles. The quantitative estimate of drug-likeness (QED) is 0.652. The molecule has 0 saturated carbocycles. The number of hydrogen-bond donors (Lipinski definition) is 0. The molecule has 1 aliphatic rings. The average molecular weight is 417 g/mol. The molecule has 2 heterocycles. The number of hydrogen-bond acceptors (Lipinski definition) is 4.